The van der Waals surface area contributed by atoms with Crippen LogP contribution in [-0.2, 0) is 12.8 Å². The quantitative estimate of drug-likeness (QED) is 0.668. The summed E-state index contributed by atoms with van der Waals surface area (Å²) in [5.41, 5.74) is 1.75. The maximum atomic E-state index is 12.8. The molecule has 0 unspecified atom stereocenters. The number of hydrogen-bond acceptors (Lipinski definition) is 4. The fraction of sp³-hybridized carbons (Fsp3) is 0.154. The zero-order valence-electron chi connectivity index (χ0n) is 10.6. The molecule has 0 bridgehead atoms. The molecule has 2 rings (SSSR count). The number of hydrogen-bond donors (Lipinski definition) is 2. The van der Waals surface area contributed by atoms with Gasteiger partial charge in [-0.3, -0.25) is 0 Å². The Morgan fingerprint density at radius 1 is 1.19 bits per heavy atom. The first-order chi connectivity index (χ1) is 9.91. The average molecular weight is 318 g/mol. The van der Waals surface area contributed by atoms with Gasteiger partial charge in [0.15, 0.2) is 0 Å². The van der Waals surface area contributed by atoms with Gasteiger partial charge in [-0.15, -0.1) is 0 Å². The molecule has 0 spiro atoms. The Hall–Kier alpha value is -1.99. The minimum absolute atomic E-state index is 0.207. The zero-order chi connectivity index (χ0) is 15.5. The van der Waals surface area contributed by atoms with Crippen LogP contribution in [0.1, 0.15) is 11.3 Å². The fourth-order valence-electron chi connectivity index (χ4n) is 1.64. The Morgan fingerprint density at radius 3 is 2.57 bits per heavy atom. The van der Waals surface area contributed by atoms with E-state index in [4.69, 9.17) is 22.2 Å². The number of nitrogens with two attached hydrogens (primary N) is 1. The van der Waals surface area contributed by atoms with E-state index in [1.807, 2.05) is 0 Å². The number of nitrogens with zero attached hydrogens (tertiary/aromatic N) is 1. The lowest BCUT2D eigenvalue weighted by molar-refractivity contribution is -0.139. The topological polar surface area (TPSA) is 60.2 Å². The molecule has 0 saturated carbocycles. The maximum absolute atomic E-state index is 12.8. The SMILES string of the molecule is NNc1ccc(Cl)c(COc2ccccc2C(F)(F)F)n1. The number of aromatic nitrogens is 1. The third kappa shape index (κ3) is 3.77. The highest BCUT2D eigenvalue weighted by Gasteiger charge is 2.34. The highest BCUT2D eigenvalue weighted by molar-refractivity contribution is 6.31. The molecule has 8 heteroatoms. The fourth-order valence-corrected chi connectivity index (χ4v) is 1.80. The smallest absolute Gasteiger partial charge is 0.419 e. The van der Waals surface area contributed by atoms with Crippen molar-refractivity contribution >= 4 is 17.4 Å². The van der Waals surface area contributed by atoms with Crippen LogP contribution >= 0.6 is 11.6 Å². The number of alkyl halides is 3. The number of nitrogens with one attached hydrogen (secondary N) is 1. The summed E-state index contributed by atoms with van der Waals surface area (Å²) in [4.78, 5) is 4.02. The van der Waals surface area contributed by atoms with Crippen LogP contribution in [0, 0.1) is 0 Å². The highest BCUT2D eigenvalue weighted by Crippen LogP contribution is 2.36. The second-order valence-electron chi connectivity index (χ2n) is 4.05. The minimum atomic E-state index is -4.49. The number of ether oxygens (including phenoxy) is 1. The molecule has 2 aromatic rings. The van der Waals surface area contributed by atoms with Crippen molar-refractivity contribution < 1.29 is 17.9 Å². The second kappa shape index (κ2) is 6.19. The summed E-state index contributed by atoms with van der Waals surface area (Å²) < 4.78 is 43.7. The minimum Gasteiger partial charge on any atom is -0.487 e. The van der Waals surface area contributed by atoms with Gasteiger partial charge in [0.2, 0.25) is 0 Å². The van der Waals surface area contributed by atoms with Gasteiger partial charge in [-0.2, -0.15) is 13.2 Å². The number of para-hydroxylation sites is 1. The van der Waals surface area contributed by atoms with Crippen molar-refractivity contribution in [3.05, 3.63) is 52.7 Å². The largest absolute Gasteiger partial charge is 0.487 e. The van der Waals surface area contributed by atoms with Gasteiger partial charge in [-0.1, -0.05) is 23.7 Å². The predicted octanol–water partition coefficient (Wildman–Crippen LogP) is 3.62. The van der Waals surface area contributed by atoms with Crippen LogP contribution in [0.15, 0.2) is 36.4 Å². The number of rotatable bonds is 4. The molecule has 0 saturated heterocycles. The predicted molar refractivity (Wildman–Crippen MR) is 72.8 cm³/mol. The molecule has 0 fully saturated rings. The first-order valence-electron chi connectivity index (χ1n) is 5.83. The van der Waals surface area contributed by atoms with Gasteiger partial charge in [-0.05, 0) is 24.3 Å². The number of halogens is 4. The van der Waals surface area contributed by atoms with Gasteiger partial charge in [0.25, 0.3) is 0 Å². The van der Waals surface area contributed by atoms with Gasteiger partial charge < -0.3 is 10.2 Å². The van der Waals surface area contributed by atoms with Gasteiger partial charge in [0.05, 0.1) is 16.3 Å². The number of benzene rings is 1. The molecule has 21 heavy (non-hydrogen) atoms. The molecule has 1 aromatic heterocycles. The van der Waals surface area contributed by atoms with Crippen LogP contribution < -0.4 is 16.0 Å². The van der Waals surface area contributed by atoms with Crippen LogP contribution in [0.3, 0.4) is 0 Å². The van der Waals surface area contributed by atoms with Crippen LogP contribution in [0.5, 0.6) is 5.75 Å². The summed E-state index contributed by atoms with van der Waals surface area (Å²) >= 11 is 5.92. The Labute approximate surface area is 123 Å². The van der Waals surface area contributed by atoms with Gasteiger partial charge in [0, 0.05) is 0 Å². The van der Waals surface area contributed by atoms with E-state index in [1.165, 1.54) is 30.3 Å². The number of hydrazine groups is 1. The van der Waals surface area contributed by atoms with Crippen LogP contribution in [0.4, 0.5) is 19.0 Å². The van der Waals surface area contributed by atoms with Crippen LogP contribution in [0.2, 0.25) is 5.02 Å². The standard InChI is InChI=1S/C13H11ClF3N3O/c14-9-5-6-12(20-18)19-10(9)7-21-11-4-2-1-3-8(11)13(15,16)17/h1-6H,7,18H2,(H,19,20). The third-order valence-corrected chi connectivity index (χ3v) is 2.97. The third-order valence-electron chi connectivity index (χ3n) is 2.62. The molecule has 1 heterocycles. The lowest BCUT2D eigenvalue weighted by Gasteiger charge is -2.14. The van der Waals surface area contributed by atoms with E-state index in [0.717, 1.165) is 6.07 Å². The molecule has 4 nitrogen and oxygen atoms in total. The van der Waals surface area contributed by atoms with Crippen LogP contribution in [-0.4, -0.2) is 4.98 Å². The summed E-state index contributed by atoms with van der Waals surface area (Å²) in [6.45, 7) is -0.207. The van der Waals surface area contributed by atoms with E-state index in [0.29, 0.717) is 5.82 Å². The van der Waals surface area contributed by atoms with Crippen molar-refractivity contribution in [2.75, 3.05) is 5.43 Å². The summed E-state index contributed by atoms with van der Waals surface area (Å²) in [6.07, 6.45) is -4.49. The Balaban J connectivity index is 2.21. The molecule has 112 valence electrons. The van der Waals surface area contributed by atoms with Crippen LogP contribution in [0.25, 0.3) is 0 Å². The lowest BCUT2D eigenvalue weighted by Crippen LogP contribution is -2.11. The maximum Gasteiger partial charge on any atom is 0.419 e. The van der Waals surface area contributed by atoms with Crippen molar-refractivity contribution in [1.82, 2.24) is 4.98 Å². The number of nitrogen functional groups attached to an aromatic ring is 1. The molecule has 0 radical (unpaired) electrons. The van der Waals surface area contributed by atoms with E-state index < -0.39 is 11.7 Å². The lowest BCUT2D eigenvalue weighted by atomic mass is 10.2. The monoisotopic (exact) mass is 317 g/mol. The Bertz CT molecular complexity index is 634. The second-order valence-corrected chi connectivity index (χ2v) is 4.46. The van der Waals surface area contributed by atoms with E-state index in [9.17, 15) is 13.2 Å². The van der Waals surface area contributed by atoms with Crippen molar-refractivity contribution in [2.45, 2.75) is 12.8 Å². The normalized spacial score (nSPS) is 11.3. The summed E-state index contributed by atoms with van der Waals surface area (Å²) in [7, 11) is 0. The summed E-state index contributed by atoms with van der Waals surface area (Å²) in [5.74, 6) is 5.26. The molecular formula is C13H11ClF3N3O. The summed E-state index contributed by atoms with van der Waals surface area (Å²) in [5, 5.41) is 0.276. The highest BCUT2D eigenvalue weighted by atomic mass is 35.5. The molecular weight excluding hydrogens is 307 g/mol. The van der Waals surface area contributed by atoms with E-state index in [-0.39, 0.29) is 23.1 Å². The molecule has 0 aliphatic carbocycles. The van der Waals surface area contributed by atoms with Crippen molar-refractivity contribution in [3.63, 3.8) is 0 Å². The Kier molecular flexibility index (Phi) is 4.54. The van der Waals surface area contributed by atoms with E-state index >= 15 is 0 Å². The number of pyridine rings is 1. The van der Waals surface area contributed by atoms with E-state index in [2.05, 4.69) is 10.4 Å². The first-order valence-corrected chi connectivity index (χ1v) is 6.20. The van der Waals surface area contributed by atoms with Crippen molar-refractivity contribution in [2.24, 2.45) is 5.84 Å². The van der Waals surface area contributed by atoms with Gasteiger partial charge >= 0.3 is 6.18 Å². The molecule has 0 aliphatic rings. The molecule has 1 aromatic carbocycles. The number of anilines is 1. The van der Waals surface area contributed by atoms with E-state index in [1.54, 1.807) is 0 Å². The zero-order valence-corrected chi connectivity index (χ0v) is 11.4. The summed E-state index contributed by atoms with van der Waals surface area (Å²) in [6, 6.07) is 7.99. The molecule has 0 aliphatic heterocycles. The first kappa shape index (κ1) is 15.4. The van der Waals surface area contributed by atoms with Crippen molar-refractivity contribution in [1.29, 1.82) is 0 Å². The Morgan fingerprint density at radius 2 is 1.90 bits per heavy atom. The molecule has 3 N–H and O–H groups in total. The van der Waals surface area contributed by atoms with Crippen molar-refractivity contribution in [3.8, 4) is 5.75 Å². The molecule has 0 atom stereocenters. The molecule has 0 amide bonds. The van der Waals surface area contributed by atoms with Gasteiger partial charge in [-0.25, -0.2) is 10.8 Å². The van der Waals surface area contributed by atoms with Gasteiger partial charge in [0.1, 0.15) is 18.2 Å². The average Bonchev–Trinajstić information content (AvgIpc) is 2.46.